The number of ether oxygens (including phenoxy) is 2. The summed E-state index contributed by atoms with van der Waals surface area (Å²) in [5.74, 6) is -6.21. The smallest absolute Gasteiger partial charge is 0.392 e. The van der Waals surface area contributed by atoms with E-state index in [1.807, 2.05) is 6.07 Å². The van der Waals surface area contributed by atoms with E-state index in [4.69, 9.17) is 9.47 Å². The molecular weight excluding hydrogens is 630 g/mol. The van der Waals surface area contributed by atoms with Gasteiger partial charge < -0.3 is 14.8 Å². The Hall–Kier alpha value is -4.74. The van der Waals surface area contributed by atoms with Gasteiger partial charge in [-0.05, 0) is 81.0 Å². The number of hydrazone groups is 1. The Morgan fingerprint density at radius 3 is 2.25 bits per heavy atom. The van der Waals surface area contributed by atoms with Crippen LogP contribution in [-0.2, 0) is 36.8 Å². The fourth-order valence-corrected chi connectivity index (χ4v) is 5.47. The Balaban J connectivity index is 1.34. The number of nitrogens with zero attached hydrogens (tertiary/aromatic N) is 2. The summed E-state index contributed by atoms with van der Waals surface area (Å²) in [4.78, 5) is 38.8. The molecule has 254 valence electrons. The Morgan fingerprint density at radius 1 is 1.00 bits per heavy atom. The number of alkyl halides is 3. The molecule has 5 rings (SSSR count). The van der Waals surface area contributed by atoms with Crippen LogP contribution >= 0.6 is 0 Å². The van der Waals surface area contributed by atoms with Gasteiger partial charge >= 0.3 is 12.1 Å². The molecule has 1 heterocycles. The second-order valence-electron chi connectivity index (χ2n) is 13.3. The summed E-state index contributed by atoms with van der Waals surface area (Å²) in [5, 5.41) is 7.88. The van der Waals surface area contributed by atoms with Crippen LogP contribution in [0.25, 0.3) is 0 Å². The van der Waals surface area contributed by atoms with Gasteiger partial charge in [-0.1, -0.05) is 55.5 Å². The third kappa shape index (κ3) is 8.21. The van der Waals surface area contributed by atoms with Crippen LogP contribution in [-0.4, -0.2) is 47.1 Å². The molecule has 1 fully saturated rings. The summed E-state index contributed by atoms with van der Waals surface area (Å²) < 4.78 is 68.1. The van der Waals surface area contributed by atoms with E-state index >= 15 is 0 Å². The Labute approximate surface area is 276 Å². The molecule has 1 aliphatic heterocycles. The number of carbonyl (C=O) groups is 3. The van der Waals surface area contributed by atoms with Crippen molar-refractivity contribution >= 4 is 29.4 Å². The molecule has 0 bridgehead atoms. The van der Waals surface area contributed by atoms with E-state index in [1.54, 1.807) is 45.0 Å². The van der Waals surface area contributed by atoms with Crippen molar-refractivity contribution in [3.8, 4) is 0 Å². The number of nitrogens with one attached hydrogen (secondary N) is 1. The largest absolute Gasteiger partial charge is 0.466 e. The minimum absolute atomic E-state index is 0.0211. The van der Waals surface area contributed by atoms with Crippen molar-refractivity contribution in [2.45, 2.75) is 71.2 Å². The molecule has 1 saturated carbocycles. The van der Waals surface area contributed by atoms with Crippen LogP contribution in [0.3, 0.4) is 0 Å². The van der Waals surface area contributed by atoms with Gasteiger partial charge in [0.2, 0.25) is 11.8 Å². The maximum absolute atomic E-state index is 14.9. The van der Waals surface area contributed by atoms with Crippen LogP contribution in [0, 0.1) is 17.2 Å². The zero-order valence-corrected chi connectivity index (χ0v) is 27.1. The quantitative estimate of drug-likeness (QED) is 0.183. The van der Waals surface area contributed by atoms with Gasteiger partial charge in [0.05, 0.1) is 29.5 Å². The zero-order valence-electron chi connectivity index (χ0n) is 27.1. The first-order valence-electron chi connectivity index (χ1n) is 15.6. The van der Waals surface area contributed by atoms with E-state index < -0.39 is 46.7 Å². The van der Waals surface area contributed by atoms with Gasteiger partial charge in [-0.25, -0.2) is 9.40 Å². The minimum atomic E-state index is -4.74. The first-order valence-corrected chi connectivity index (χ1v) is 15.6. The highest BCUT2D eigenvalue weighted by atomic mass is 19.4. The van der Waals surface area contributed by atoms with Gasteiger partial charge in [0, 0.05) is 5.56 Å². The Kier molecular flexibility index (Phi) is 9.66. The Morgan fingerprint density at radius 2 is 1.65 bits per heavy atom. The van der Waals surface area contributed by atoms with E-state index in [2.05, 4.69) is 10.4 Å². The number of halogens is 4. The summed E-state index contributed by atoms with van der Waals surface area (Å²) in [6.45, 7) is 5.98. The number of amides is 2. The van der Waals surface area contributed by atoms with Crippen LogP contribution < -0.4 is 5.32 Å². The molecule has 0 radical (unpaired) electrons. The third-order valence-corrected chi connectivity index (χ3v) is 8.34. The fourth-order valence-electron chi connectivity index (χ4n) is 5.47. The lowest BCUT2D eigenvalue weighted by Gasteiger charge is -2.27. The molecule has 2 amide bonds. The van der Waals surface area contributed by atoms with Crippen molar-refractivity contribution in [1.29, 1.82) is 0 Å². The fraction of sp³-hybridized carbons (Fsp3) is 0.389. The van der Waals surface area contributed by atoms with Crippen LogP contribution in [0.5, 0.6) is 0 Å². The van der Waals surface area contributed by atoms with Crippen molar-refractivity contribution in [3.05, 3.63) is 101 Å². The average molecular weight is 668 g/mol. The molecule has 1 aliphatic carbocycles. The van der Waals surface area contributed by atoms with Crippen molar-refractivity contribution in [2.24, 2.45) is 16.4 Å². The van der Waals surface area contributed by atoms with E-state index in [0.29, 0.717) is 29.5 Å². The molecule has 12 heteroatoms. The summed E-state index contributed by atoms with van der Waals surface area (Å²) in [6, 6.07) is 18.8. The van der Waals surface area contributed by atoms with Crippen molar-refractivity contribution in [1.82, 2.24) is 5.01 Å². The van der Waals surface area contributed by atoms with Crippen LogP contribution in [0.4, 0.5) is 23.2 Å². The second kappa shape index (κ2) is 13.4. The summed E-state index contributed by atoms with van der Waals surface area (Å²) in [6.07, 6.45) is -3.34. The lowest BCUT2D eigenvalue weighted by Crippen LogP contribution is -2.36. The topological polar surface area (TPSA) is 97.3 Å². The standard InChI is InChI=1S/C36H37F4N3O5/c1-22(36(38,39)40)30(25-13-10-23(11-14-25)20-43-29(44)21-47-32(42-43)26-8-6-5-7-9-26)31(45)41-28-18-24(12-15-27(28)37)19-35(16-17-35)33(46)48-34(2,3)4/h5-15,18,22,30H,16-17,19-21H2,1-4H3,(H,41,45). The normalized spacial score (nSPS) is 17.1. The maximum atomic E-state index is 14.9. The molecule has 48 heavy (non-hydrogen) atoms. The molecule has 0 saturated heterocycles. The molecule has 2 unspecified atom stereocenters. The monoisotopic (exact) mass is 667 g/mol. The SMILES string of the molecule is CC(C(C(=O)Nc1cc(CC2(C(=O)OC(C)(C)C)CC2)ccc1F)c1ccc(CN2N=C(c3ccccc3)OCC2=O)cc1)C(F)(F)F. The molecule has 2 atom stereocenters. The van der Waals surface area contributed by atoms with Crippen LogP contribution in [0.2, 0.25) is 0 Å². The molecule has 1 N–H and O–H groups in total. The van der Waals surface area contributed by atoms with E-state index in [9.17, 15) is 31.9 Å². The first kappa shape index (κ1) is 34.6. The van der Waals surface area contributed by atoms with Crippen molar-refractivity contribution in [2.75, 3.05) is 11.9 Å². The summed E-state index contributed by atoms with van der Waals surface area (Å²) >= 11 is 0. The van der Waals surface area contributed by atoms with Crippen molar-refractivity contribution in [3.63, 3.8) is 0 Å². The molecule has 3 aromatic rings. The molecular formula is C36H37F4N3O5. The highest BCUT2D eigenvalue weighted by molar-refractivity contribution is 5.98. The van der Waals surface area contributed by atoms with Gasteiger partial charge in [-0.3, -0.25) is 14.4 Å². The summed E-state index contributed by atoms with van der Waals surface area (Å²) in [7, 11) is 0. The summed E-state index contributed by atoms with van der Waals surface area (Å²) in [5.41, 5.74) is 0.0979. The van der Waals surface area contributed by atoms with Crippen LogP contribution in [0.1, 0.15) is 68.7 Å². The van der Waals surface area contributed by atoms with Gasteiger partial charge in [0.1, 0.15) is 11.4 Å². The number of anilines is 1. The number of rotatable bonds is 10. The zero-order chi connectivity index (χ0) is 34.9. The van der Waals surface area contributed by atoms with Crippen molar-refractivity contribution < 1.29 is 41.4 Å². The highest BCUT2D eigenvalue weighted by Gasteiger charge is 2.52. The van der Waals surface area contributed by atoms with E-state index in [-0.39, 0.29) is 42.7 Å². The van der Waals surface area contributed by atoms with Gasteiger partial charge in [-0.15, -0.1) is 5.10 Å². The van der Waals surface area contributed by atoms with Crippen LogP contribution in [0.15, 0.2) is 77.9 Å². The number of carbonyl (C=O) groups excluding carboxylic acids is 3. The average Bonchev–Trinajstić information content (AvgIpc) is 3.81. The molecule has 0 spiro atoms. The highest BCUT2D eigenvalue weighted by Crippen LogP contribution is 2.50. The third-order valence-electron chi connectivity index (χ3n) is 8.34. The second-order valence-corrected chi connectivity index (χ2v) is 13.3. The first-order chi connectivity index (χ1) is 22.5. The Bertz CT molecular complexity index is 1700. The number of hydrogen-bond donors (Lipinski definition) is 1. The van der Waals surface area contributed by atoms with E-state index in [1.165, 1.54) is 41.4 Å². The number of hydrogen-bond acceptors (Lipinski definition) is 6. The van der Waals surface area contributed by atoms with E-state index in [0.717, 1.165) is 13.0 Å². The number of benzene rings is 3. The lowest BCUT2D eigenvalue weighted by atomic mass is 9.85. The minimum Gasteiger partial charge on any atom is -0.466 e. The molecule has 2 aliphatic rings. The molecule has 8 nitrogen and oxygen atoms in total. The lowest BCUT2D eigenvalue weighted by molar-refractivity contribution is -0.178. The molecule has 3 aromatic carbocycles. The predicted octanol–water partition coefficient (Wildman–Crippen LogP) is 7.13. The predicted molar refractivity (Wildman–Crippen MR) is 170 cm³/mol. The maximum Gasteiger partial charge on any atom is 0.392 e. The molecule has 0 aromatic heterocycles. The van der Waals surface area contributed by atoms with Gasteiger partial charge in [0.15, 0.2) is 6.61 Å². The van der Waals surface area contributed by atoms with Gasteiger partial charge in [0.25, 0.3) is 5.91 Å². The number of esters is 1. The van der Waals surface area contributed by atoms with Gasteiger partial charge in [-0.2, -0.15) is 13.2 Å².